The summed E-state index contributed by atoms with van der Waals surface area (Å²) in [5.74, 6) is -0.496. The summed E-state index contributed by atoms with van der Waals surface area (Å²) >= 11 is 5.61. The lowest BCUT2D eigenvalue weighted by Gasteiger charge is -2.28. The Morgan fingerprint density at radius 3 is 2.67 bits per heavy atom. The second-order valence-electron chi connectivity index (χ2n) is 7.17. The first-order chi connectivity index (χ1) is 14.5. The Morgan fingerprint density at radius 1 is 1.20 bits per heavy atom. The van der Waals surface area contributed by atoms with Crippen molar-refractivity contribution in [2.45, 2.75) is 18.5 Å². The average Bonchev–Trinajstić information content (AvgIpc) is 3.31. The molecule has 3 aromatic rings. The second-order valence-corrected chi connectivity index (χ2v) is 7.56. The molecule has 1 aliphatic heterocycles. The minimum absolute atomic E-state index is 0.0916. The first kappa shape index (κ1) is 20.0. The zero-order valence-electron chi connectivity index (χ0n) is 16.5. The SMILES string of the molecule is Cn1cccc1[C@H]1[C@H](c2ccccn2)NC(=S)N1CCC(=O)Nc1ccc(F)cc1. The van der Waals surface area contributed by atoms with Crippen molar-refractivity contribution in [3.8, 4) is 0 Å². The van der Waals surface area contributed by atoms with E-state index in [1.165, 1.54) is 12.1 Å². The molecule has 0 saturated carbocycles. The van der Waals surface area contributed by atoms with E-state index in [0.717, 1.165) is 11.4 Å². The van der Waals surface area contributed by atoms with Gasteiger partial charge in [0.25, 0.3) is 0 Å². The molecule has 154 valence electrons. The number of carbonyl (C=O) groups excluding carboxylic acids is 1. The van der Waals surface area contributed by atoms with Crippen LogP contribution in [0.2, 0.25) is 0 Å². The molecule has 2 atom stereocenters. The summed E-state index contributed by atoms with van der Waals surface area (Å²) in [7, 11) is 1.99. The van der Waals surface area contributed by atoms with E-state index in [2.05, 4.69) is 26.3 Å². The first-order valence-corrected chi connectivity index (χ1v) is 10.1. The summed E-state index contributed by atoms with van der Waals surface area (Å²) in [5.41, 5.74) is 2.54. The van der Waals surface area contributed by atoms with Crippen molar-refractivity contribution in [3.63, 3.8) is 0 Å². The molecule has 0 bridgehead atoms. The molecule has 0 radical (unpaired) electrons. The number of halogens is 1. The molecular weight excluding hydrogens is 401 g/mol. The van der Waals surface area contributed by atoms with E-state index in [0.29, 0.717) is 17.3 Å². The fraction of sp³-hybridized carbons (Fsp3) is 0.227. The summed E-state index contributed by atoms with van der Waals surface area (Å²) < 4.78 is 15.1. The molecule has 1 aliphatic rings. The van der Waals surface area contributed by atoms with Gasteiger partial charge in [-0.15, -0.1) is 0 Å². The quantitative estimate of drug-likeness (QED) is 0.594. The van der Waals surface area contributed by atoms with Crippen molar-refractivity contribution in [1.29, 1.82) is 0 Å². The maximum absolute atomic E-state index is 13.1. The minimum Gasteiger partial charge on any atom is -0.353 e. The summed E-state index contributed by atoms with van der Waals surface area (Å²) in [4.78, 5) is 19.0. The Hall–Kier alpha value is -3.26. The van der Waals surface area contributed by atoms with Gasteiger partial charge in [0.05, 0.1) is 17.8 Å². The van der Waals surface area contributed by atoms with Crippen molar-refractivity contribution >= 4 is 28.9 Å². The zero-order valence-corrected chi connectivity index (χ0v) is 17.3. The van der Waals surface area contributed by atoms with Crippen LogP contribution in [-0.2, 0) is 11.8 Å². The van der Waals surface area contributed by atoms with E-state index in [4.69, 9.17) is 12.2 Å². The van der Waals surface area contributed by atoms with Crippen LogP contribution in [-0.4, -0.2) is 32.0 Å². The predicted molar refractivity (Wildman–Crippen MR) is 117 cm³/mol. The summed E-state index contributed by atoms with van der Waals surface area (Å²) in [6.45, 7) is 0.443. The van der Waals surface area contributed by atoms with Crippen LogP contribution in [0.25, 0.3) is 0 Å². The van der Waals surface area contributed by atoms with Gasteiger partial charge < -0.3 is 20.1 Å². The van der Waals surface area contributed by atoms with Gasteiger partial charge >= 0.3 is 0 Å². The van der Waals surface area contributed by atoms with Crippen molar-refractivity contribution in [2.75, 3.05) is 11.9 Å². The minimum atomic E-state index is -0.340. The lowest BCUT2D eigenvalue weighted by Crippen LogP contribution is -2.33. The molecule has 4 rings (SSSR count). The van der Waals surface area contributed by atoms with Crippen LogP contribution in [0.1, 0.15) is 29.9 Å². The molecule has 1 amide bonds. The number of aromatic nitrogens is 2. The highest BCUT2D eigenvalue weighted by Crippen LogP contribution is 2.38. The van der Waals surface area contributed by atoms with Crippen molar-refractivity contribution < 1.29 is 9.18 Å². The number of carbonyl (C=O) groups is 1. The van der Waals surface area contributed by atoms with Gasteiger partial charge in [0.15, 0.2) is 5.11 Å². The summed E-state index contributed by atoms with van der Waals surface area (Å²) in [5, 5.41) is 6.76. The Morgan fingerprint density at radius 2 is 2.00 bits per heavy atom. The Bertz CT molecular complexity index is 1040. The van der Waals surface area contributed by atoms with E-state index in [9.17, 15) is 9.18 Å². The number of aryl methyl sites for hydroxylation is 1. The summed E-state index contributed by atoms with van der Waals surface area (Å²) in [6, 6.07) is 15.4. The predicted octanol–water partition coefficient (Wildman–Crippen LogP) is 3.56. The molecule has 1 aromatic carbocycles. The maximum Gasteiger partial charge on any atom is 0.226 e. The molecule has 3 heterocycles. The number of hydrogen-bond acceptors (Lipinski definition) is 3. The van der Waals surface area contributed by atoms with Gasteiger partial charge in [-0.05, 0) is 60.7 Å². The lowest BCUT2D eigenvalue weighted by atomic mass is 10.0. The smallest absolute Gasteiger partial charge is 0.226 e. The van der Waals surface area contributed by atoms with Gasteiger partial charge in [-0.3, -0.25) is 9.78 Å². The van der Waals surface area contributed by atoms with Crippen LogP contribution < -0.4 is 10.6 Å². The number of nitrogens with one attached hydrogen (secondary N) is 2. The van der Waals surface area contributed by atoms with E-state index in [1.54, 1.807) is 18.3 Å². The van der Waals surface area contributed by atoms with E-state index >= 15 is 0 Å². The van der Waals surface area contributed by atoms with Crippen LogP contribution in [0.4, 0.5) is 10.1 Å². The largest absolute Gasteiger partial charge is 0.353 e. The number of benzene rings is 1. The van der Waals surface area contributed by atoms with Crippen LogP contribution in [0.15, 0.2) is 67.0 Å². The molecule has 2 aromatic heterocycles. The third-order valence-corrected chi connectivity index (χ3v) is 5.54. The lowest BCUT2D eigenvalue weighted by molar-refractivity contribution is -0.116. The van der Waals surface area contributed by atoms with E-state index < -0.39 is 0 Å². The monoisotopic (exact) mass is 423 g/mol. The molecule has 1 fully saturated rings. The number of anilines is 1. The van der Waals surface area contributed by atoms with Gasteiger partial charge in [0, 0.05) is 43.8 Å². The molecule has 2 N–H and O–H groups in total. The van der Waals surface area contributed by atoms with Crippen molar-refractivity contribution in [1.82, 2.24) is 19.8 Å². The molecule has 8 heteroatoms. The topological polar surface area (TPSA) is 62.2 Å². The molecule has 0 aliphatic carbocycles. The molecule has 0 spiro atoms. The Kier molecular flexibility index (Phi) is 5.76. The molecule has 6 nitrogen and oxygen atoms in total. The highest BCUT2D eigenvalue weighted by Gasteiger charge is 2.40. The first-order valence-electron chi connectivity index (χ1n) is 9.67. The molecule has 0 unspecified atom stereocenters. The molecule has 1 saturated heterocycles. The van der Waals surface area contributed by atoms with E-state index in [-0.39, 0.29) is 30.2 Å². The standard InChI is InChI=1S/C22H22FN5OS/c1-27-13-4-6-18(27)21-20(17-5-2-3-12-24-17)26-22(30)28(21)14-11-19(29)25-16-9-7-15(23)8-10-16/h2-10,12-13,20-21H,11,14H2,1H3,(H,25,29)(H,26,30)/t20-,21-/m0/s1. The fourth-order valence-corrected chi connectivity index (χ4v) is 4.06. The number of pyridine rings is 1. The third-order valence-electron chi connectivity index (χ3n) is 5.19. The van der Waals surface area contributed by atoms with Gasteiger partial charge in [-0.1, -0.05) is 6.07 Å². The summed E-state index contributed by atoms with van der Waals surface area (Å²) in [6.07, 6.45) is 4.00. The van der Waals surface area contributed by atoms with Crippen molar-refractivity contribution in [3.05, 3.63) is 84.2 Å². The van der Waals surface area contributed by atoms with Gasteiger partial charge in [0.1, 0.15) is 5.82 Å². The van der Waals surface area contributed by atoms with Crippen LogP contribution in [0.5, 0.6) is 0 Å². The second kappa shape index (κ2) is 8.62. The number of hydrogen-bond donors (Lipinski definition) is 2. The van der Waals surface area contributed by atoms with Crippen LogP contribution >= 0.6 is 12.2 Å². The normalized spacial score (nSPS) is 18.3. The number of amides is 1. The van der Waals surface area contributed by atoms with Crippen molar-refractivity contribution in [2.24, 2.45) is 7.05 Å². The number of rotatable bonds is 6. The van der Waals surface area contributed by atoms with Crippen LogP contribution in [0, 0.1) is 5.82 Å². The zero-order chi connectivity index (χ0) is 21.1. The maximum atomic E-state index is 13.1. The van der Waals surface area contributed by atoms with Gasteiger partial charge in [-0.2, -0.15) is 0 Å². The van der Waals surface area contributed by atoms with E-state index in [1.807, 2.05) is 42.4 Å². The Labute approximate surface area is 179 Å². The van der Waals surface area contributed by atoms with Crippen LogP contribution in [0.3, 0.4) is 0 Å². The highest BCUT2D eigenvalue weighted by atomic mass is 32.1. The molecule has 30 heavy (non-hydrogen) atoms. The number of nitrogens with zero attached hydrogens (tertiary/aromatic N) is 3. The van der Waals surface area contributed by atoms with Gasteiger partial charge in [-0.25, -0.2) is 4.39 Å². The molecular formula is C22H22FN5OS. The fourth-order valence-electron chi connectivity index (χ4n) is 3.73. The highest BCUT2D eigenvalue weighted by molar-refractivity contribution is 7.80. The Balaban J connectivity index is 1.52. The number of thiocarbonyl (C=S) groups is 1. The third kappa shape index (κ3) is 4.18. The van der Waals surface area contributed by atoms with Gasteiger partial charge in [0.2, 0.25) is 5.91 Å². The average molecular weight is 424 g/mol.